The topological polar surface area (TPSA) is 126 Å². The normalized spacial score (nSPS) is 15.0. The van der Waals surface area contributed by atoms with Crippen LogP contribution in [-0.4, -0.2) is 43.6 Å². The number of amides is 4. The second kappa shape index (κ2) is 6.32. The number of rotatable bonds is 2. The highest BCUT2D eigenvalue weighted by molar-refractivity contribution is 6.41. The van der Waals surface area contributed by atoms with Gasteiger partial charge >= 0.3 is 0 Å². The van der Waals surface area contributed by atoms with Gasteiger partial charge in [-0.1, -0.05) is 0 Å². The largest absolute Gasteiger partial charge is 0.268 e. The van der Waals surface area contributed by atoms with E-state index in [2.05, 4.69) is 19.9 Å². The Balaban J connectivity index is 1.59. The molecule has 4 heterocycles. The van der Waals surface area contributed by atoms with Gasteiger partial charge in [-0.15, -0.1) is 0 Å². The van der Waals surface area contributed by atoms with Gasteiger partial charge in [-0.3, -0.25) is 19.2 Å². The monoisotopic (exact) mass is 422 g/mol. The zero-order valence-electron chi connectivity index (χ0n) is 16.1. The molecule has 2 aromatic heterocycles. The maximum absolute atomic E-state index is 13.2. The minimum absolute atomic E-state index is 0.0545. The number of imide groups is 2. The molecule has 0 saturated heterocycles. The highest BCUT2D eigenvalue weighted by Gasteiger charge is 2.41. The van der Waals surface area contributed by atoms with Crippen molar-refractivity contribution < 1.29 is 19.2 Å². The molecule has 0 radical (unpaired) electrons. The molecule has 10 heteroatoms. The molecule has 6 rings (SSSR count). The van der Waals surface area contributed by atoms with Gasteiger partial charge in [-0.25, -0.2) is 29.7 Å². The average molecular weight is 422 g/mol. The molecule has 0 aliphatic carbocycles. The Morgan fingerprint density at radius 2 is 0.750 bits per heavy atom. The zero-order valence-corrected chi connectivity index (χ0v) is 16.1. The van der Waals surface area contributed by atoms with Gasteiger partial charge in [0.2, 0.25) is 11.9 Å². The van der Waals surface area contributed by atoms with E-state index < -0.39 is 23.6 Å². The summed E-state index contributed by atoms with van der Waals surface area (Å²) in [7, 11) is 0. The molecule has 0 atom stereocenters. The molecular formula is C22H10N6O4. The van der Waals surface area contributed by atoms with Crippen LogP contribution in [0.4, 0.5) is 11.9 Å². The van der Waals surface area contributed by atoms with Crippen molar-refractivity contribution in [3.63, 3.8) is 0 Å². The van der Waals surface area contributed by atoms with Gasteiger partial charge in [-0.05, 0) is 36.4 Å². The number of aromatic nitrogens is 4. The second-order valence-corrected chi connectivity index (χ2v) is 7.06. The smallest absolute Gasteiger partial charge is 0.268 e. The van der Waals surface area contributed by atoms with Crippen molar-refractivity contribution in [2.75, 3.05) is 9.80 Å². The third-order valence-electron chi connectivity index (χ3n) is 5.40. The summed E-state index contributed by atoms with van der Waals surface area (Å²) < 4.78 is 0. The van der Waals surface area contributed by atoms with Gasteiger partial charge < -0.3 is 0 Å². The third-order valence-corrected chi connectivity index (χ3v) is 5.40. The fraction of sp³-hybridized carbons (Fsp3) is 0. The van der Waals surface area contributed by atoms with E-state index in [9.17, 15) is 19.2 Å². The summed E-state index contributed by atoms with van der Waals surface area (Å²) in [5.74, 6) is -2.64. The highest BCUT2D eigenvalue weighted by atomic mass is 16.2. The molecule has 0 bridgehead atoms. The van der Waals surface area contributed by atoms with Gasteiger partial charge in [0.1, 0.15) is 0 Å². The summed E-state index contributed by atoms with van der Waals surface area (Å²) in [5, 5.41) is 0.523. The summed E-state index contributed by atoms with van der Waals surface area (Å²) in [6.45, 7) is 0. The first-order chi connectivity index (χ1) is 15.6. The molecule has 4 aromatic rings. The van der Waals surface area contributed by atoms with E-state index in [0.717, 1.165) is 9.80 Å². The minimum atomic E-state index is -0.633. The Hall–Kier alpha value is -4.86. The van der Waals surface area contributed by atoms with Crippen molar-refractivity contribution >= 4 is 46.3 Å². The molecule has 0 saturated carbocycles. The van der Waals surface area contributed by atoms with E-state index in [4.69, 9.17) is 0 Å². The van der Waals surface area contributed by atoms with Gasteiger partial charge in [0.25, 0.3) is 23.6 Å². The number of nitrogens with zero attached hydrogens (tertiary/aromatic N) is 6. The SMILES string of the molecule is O=C1c2ccc3c4c(ccc(c24)C(=O)N1c1ncccn1)C(=O)N(c1ncccn1)C3=O. The molecule has 2 aliphatic rings. The van der Waals surface area contributed by atoms with Crippen LogP contribution in [0.1, 0.15) is 41.4 Å². The van der Waals surface area contributed by atoms with Crippen LogP contribution in [0.15, 0.2) is 61.2 Å². The Morgan fingerprint density at radius 3 is 1.03 bits per heavy atom. The zero-order chi connectivity index (χ0) is 22.0. The summed E-state index contributed by atoms with van der Waals surface area (Å²) >= 11 is 0. The van der Waals surface area contributed by atoms with E-state index in [1.165, 1.54) is 49.1 Å². The van der Waals surface area contributed by atoms with Gasteiger partial charge in [0.15, 0.2) is 0 Å². The van der Waals surface area contributed by atoms with E-state index in [0.29, 0.717) is 0 Å². The molecular weight excluding hydrogens is 412 g/mol. The van der Waals surface area contributed by atoms with Crippen molar-refractivity contribution in [1.29, 1.82) is 0 Å². The number of carbonyl (C=O) groups is 4. The minimum Gasteiger partial charge on any atom is -0.268 e. The first-order valence-electron chi connectivity index (χ1n) is 9.49. The van der Waals surface area contributed by atoms with Gasteiger partial charge in [-0.2, -0.15) is 0 Å². The molecule has 0 unspecified atom stereocenters. The fourth-order valence-electron chi connectivity index (χ4n) is 4.05. The predicted octanol–water partition coefficient (Wildman–Crippen LogP) is 2.02. The van der Waals surface area contributed by atoms with E-state index in [1.54, 1.807) is 12.1 Å². The van der Waals surface area contributed by atoms with Crippen LogP contribution >= 0.6 is 0 Å². The molecule has 0 fully saturated rings. The lowest BCUT2D eigenvalue weighted by atomic mass is 9.86. The summed E-state index contributed by atoms with van der Waals surface area (Å²) in [5.41, 5.74) is 0.714. The van der Waals surface area contributed by atoms with Crippen molar-refractivity contribution in [1.82, 2.24) is 19.9 Å². The number of carbonyl (C=O) groups excluding carboxylic acids is 4. The van der Waals surface area contributed by atoms with Gasteiger partial charge in [0.05, 0.1) is 0 Å². The lowest BCUT2D eigenvalue weighted by molar-refractivity contribution is 0.0870. The number of benzene rings is 2. The van der Waals surface area contributed by atoms with Crippen molar-refractivity contribution in [3.05, 3.63) is 83.4 Å². The van der Waals surface area contributed by atoms with E-state index in [1.807, 2.05) is 0 Å². The first-order valence-corrected chi connectivity index (χ1v) is 9.49. The molecule has 4 amide bonds. The lowest BCUT2D eigenvalue weighted by Gasteiger charge is -2.30. The molecule has 152 valence electrons. The Bertz CT molecular complexity index is 1320. The molecule has 2 aliphatic heterocycles. The average Bonchev–Trinajstić information content (AvgIpc) is 2.83. The molecule has 32 heavy (non-hydrogen) atoms. The van der Waals surface area contributed by atoms with Crippen LogP contribution in [-0.2, 0) is 0 Å². The van der Waals surface area contributed by atoms with Crippen LogP contribution in [0.25, 0.3) is 10.8 Å². The summed E-state index contributed by atoms with van der Waals surface area (Å²) in [6.07, 6.45) is 5.71. The summed E-state index contributed by atoms with van der Waals surface area (Å²) in [6, 6.07) is 9.00. The van der Waals surface area contributed by atoms with Crippen molar-refractivity contribution in [3.8, 4) is 0 Å². The summed E-state index contributed by atoms with van der Waals surface area (Å²) in [4.78, 5) is 70.7. The molecule has 10 nitrogen and oxygen atoms in total. The standard InChI is InChI=1S/C22H10N6O4/c29-17-11-3-5-13-16-14(20(32)28(19(13)31)22-25-9-2-10-26-22)6-4-12(15(11)16)18(30)27(17)21-23-7-1-8-24-21/h1-10H. The molecule has 2 aromatic carbocycles. The van der Waals surface area contributed by atoms with Gasteiger partial charge in [0, 0.05) is 57.8 Å². The Kier molecular flexibility index (Phi) is 3.54. The first kappa shape index (κ1) is 18.0. The predicted molar refractivity (Wildman–Crippen MR) is 110 cm³/mol. The Labute approximate surface area is 179 Å². The maximum atomic E-state index is 13.2. The van der Waals surface area contributed by atoms with Crippen LogP contribution in [0.5, 0.6) is 0 Å². The van der Waals surface area contributed by atoms with Crippen LogP contribution in [0.3, 0.4) is 0 Å². The maximum Gasteiger partial charge on any atom is 0.268 e. The molecule has 0 spiro atoms. The fourth-order valence-corrected chi connectivity index (χ4v) is 4.05. The number of anilines is 2. The van der Waals surface area contributed by atoms with E-state index in [-0.39, 0.29) is 44.9 Å². The lowest BCUT2D eigenvalue weighted by Crippen LogP contribution is -2.44. The third kappa shape index (κ3) is 2.23. The van der Waals surface area contributed by atoms with Crippen LogP contribution in [0.2, 0.25) is 0 Å². The Morgan fingerprint density at radius 1 is 0.469 bits per heavy atom. The van der Waals surface area contributed by atoms with Crippen LogP contribution in [0, 0.1) is 0 Å². The highest BCUT2D eigenvalue weighted by Crippen LogP contribution is 2.38. The second-order valence-electron chi connectivity index (χ2n) is 7.06. The van der Waals surface area contributed by atoms with Crippen LogP contribution < -0.4 is 9.80 Å². The molecule has 0 N–H and O–H groups in total. The van der Waals surface area contributed by atoms with E-state index >= 15 is 0 Å². The van der Waals surface area contributed by atoms with Crippen molar-refractivity contribution in [2.45, 2.75) is 0 Å². The van der Waals surface area contributed by atoms with Crippen molar-refractivity contribution in [2.24, 2.45) is 0 Å². The quantitative estimate of drug-likeness (QED) is 0.449. The number of hydrogen-bond donors (Lipinski definition) is 0. The number of hydrogen-bond acceptors (Lipinski definition) is 8.